The number of thiazole rings is 1. The van der Waals surface area contributed by atoms with Crippen molar-refractivity contribution in [1.82, 2.24) is 4.98 Å². The van der Waals surface area contributed by atoms with Gasteiger partial charge >= 0.3 is 5.97 Å². The highest BCUT2D eigenvalue weighted by Crippen LogP contribution is 2.28. The summed E-state index contributed by atoms with van der Waals surface area (Å²) < 4.78 is 4.70. The number of aryl methyl sites for hydroxylation is 2. The minimum absolute atomic E-state index is 0.375. The molecule has 0 aliphatic carbocycles. The van der Waals surface area contributed by atoms with E-state index in [-0.39, 0.29) is 0 Å². The predicted octanol–water partition coefficient (Wildman–Crippen LogP) is 3.60. The highest BCUT2D eigenvalue weighted by atomic mass is 32.1. The maximum atomic E-state index is 11.5. The van der Waals surface area contributed by atoms with Gasteiger partial charge in [-0.25, -0.2) is 9.78 Å². The molecule has 1 heterocycles. The van der Waals surface area contributed by atoms with Gasteiger partial charge in [0.25, 0.3) is 0 Å². The SMILES string of the molecule is COC(=O)c1nc(Nc2cccc(C)c2C)sc1C. The van der Waals surface area contributed by atoms with Gasteiger partial charge in [-0.1, -0.05) is 12.1 Å². The first-order valence-electron chi connectivity index (χ1n) is 5.92. The number of carbonyl (C=O) groups is 1. The van der Waals surface area contributed by atoms with Crippen molar-refractivity contribution in [2.75, 3.05) is 12.4 Å². The highest BCUT2D eigenvalue weighted by Gasteiger charge is 2.16. The number of anilines is 2. The second-order valence-corrected chi connectivity index (χ2v) is 5.49. The van der Waals surface area contributed by atoms with Crippen molar-refractivity contribution < 1.29 is 9.53 Å². The first-order valence-corrected chi connectivity index (χ1v) is 6.73. The van der Waals surface area contributed by atoms with Crippen molar-refractivity contribution in [3.05, 3.63) is 39.9 Å². The van der Waals surface area contributed by atoms with Crippen LogP contribution in [-0.4, -0.2) is 18.1 Å². The number of hydrogen-bond acceptors (Lipinski definition) is 5. The van der Waals surface area contributed by atoms with Crippen molar-refractivity contribution in [3.8, 4) is 0 Å². The lowest BCUT2D eigenvalue weighted by atomic mass is 10.1. The molecule has 0 radical (unpaired) electrons. The molecule has 1 N–H and O–H groups in total. The van der Waals surface area contributed by atoms with Gasteiger partial charge in [0.1, 0.15) is 0 Å². The summed E-state index contributed by atoms with van der Waals surface area (Å²) in [4.78, 5) is 16.6. The van der Waals surface area contributed by atoms with Crippen LogP contribution in [0.2, 0.25) is 0 Å². The van der Waals surface area contributed by atoms with Crippen molar-refractivity contribution in [3.63, 3.8) is 0 Å². The molecule has 0 amide bonds. The summed E-state index contributed by atoms with van der Waals surface area (Å²) in [5.74, 6) is -0.400. The van der Waals surface area contributed by atoms with Gasteiger partial charge in [0.2, 0.25) is 0 Å². The summed E-state index contributed by atoms with van der Waals surface area (Å²) in [5.41, 5.74) is 3.77. The molecule has 1 aromatic carbocycles. The van der Waals surface area contributed by atoms with Crippen molar-refractivity contribution >= 4 is 28.1 Å². The Labute approximate surface area is 116 Å². The van der Waals surface area contributed by atoms with E-state index in [0.29, 0.717) is 10.8 Å². The van der Waals surface area contributed by atoms with Crippen LogP contribution in [0.5, 0.6) is 0 Å². The Hall–Kier alpha value is -1.88. The van der Waals surface area contributed by atoms with Crippen LogP contribution in [0.3, 0.4) is 0 Å². The van der Waals surface area contributed by atoms with E-state index in [0.717, 1.165) is 10.6 Å². The molecule has 0 aliphatic rings. The van der Waals surface area contributed by atoms with E-state index in [1.54, 1.807) is 0 Å². The van der Waals surface area contributed by atoms with E-state index in [4.69, 9.17) is 4.74 Å². The molecule has 1 aromatic heterocycles. The molecule has 100 valence electrons. The summed E-state index contributed by atoms with van der Waals surface area (Å²) in [7, 11) is 1.36. The van der Waals surface area contributed by atoms with Crippen molar-refractivity contribution in [2.24, 2.45) is 0 Å². The zero-order valence-electron chi connectivity index (χ0n) is 11.4. The van der Waals surface area contributed by atoms with E-state index < -0.39 is 5.97 Å². The maximum Gasteiger partial charge on any atom is 0.357 e. The number of carbonyl (C=O) groups excluding carboxylic acids is 1. The predicted molar refractivity (Wildman–Crippen MR) is 77.4 cm³/mol. The fourth-order valence-corrected chi connectivity index (χ4v) is 2.55. The van der Waals surface area contributed by atoms with Crippen LogP contribution in [0.25, 0.3) is 0 Å². The zero-order chi connectivity index (χ0) is 14.0. The molecule has 0 spiro atoms. The van der Waals surface area contributed by atoms with Crippen molar-refractivity contribution in [1.29, 1.82) is 0 Å². The number of rotatable bonds is 3. The average molecular weight is 276 g/mol. The minimum atomic E-state index is -0.400. The minimum Gasteiger partial charge on any atom is -0.464 e. The van der Waals surface area contributed by atoms with E-state index in [1.807, 2.05) is 19.1 Å². The van der Waals surface area contributed by atoms with E-state index in [1.165, 1.54) is 29.6 Å². The Morgan fingerprint density at radius 1 is 1.32 bits per heavy atom. The lowest BCUT2D eigenvalue weighted by Gasteiger charge is -2.08. The largest absolute Gasteiger partial charge is 0.464 e. The van der Waals surface area contributed by atoms with Gasteiger partial charge in [-0.05, 0) is 38.0 Å². The van der Waals surface area contributed by atoms with Gasteiger partial charge in [-0.3, -0.25) is 0 Å². The number of benzene rings is 1. The third kappa shape index (κ3) is 2.76. The normalized spacial score (nSPS) is 10.3. The third-order valence-corrected chi connectivity index (χ3v) is 3.91. The molecule has 5 heteroatoms. The average Bonchev–Trinajstić information content (AvgIpc) is 2.75. The van der Waals surface area contributed by atoms with Crippen LogP contribution in [0.1, 0.15) is 26.5 Å². The molecule has 2 aromatic rings. The molecule has 0 aliphatic heterocycles. The Bertz CT molecular complexity index is 620. The number of methoxy groups -OCH3 is 1. The molecule has 2 rings (SSSR count). The number of aromatic nitrogens is 1. The first-order chi connectivity index (χ1) is 9.02. The summed E-state index contributed by atoms with van der Waals surface area (Å²) >= 11 is 1.44. The standard InChI is InChI=1S/C14H16N2O2S/c1-8-6-5-7-11(9(8)2)15-14-16-12(10(3)19-14)13(17)18-4/h5-7H,1-4H3,(H,15,16). The van der Waals surface area contributed by atoms with Crippen LogP contribution in [0.15, 0.2) is 18.2 Å². The summed E-state index contributed by atoms with van der Waals surface area (Å²) in [6.07, 6.45) is 0. The van der Waals surface area contributed by atoms with Gasteiger partial charge in [-0.15, -0.1) is 11.3 Å². The molecule has 4 nitrogen and oxygen atoms in total. The van der Waals surface area contributed by atoms with Crippen LogP contribution >= 0.6 is 11.3 Å². The molecule has 0 saturated heterocycles. The first kappa shape index (κ1) is 13.5. The number of hydrogen-bond donors (Lipinski definition) is 1. The smallest absolute Gasteiger partial charge is 0.357 e. The Morgan fingerprint density at radius 3 is 2.74 bits per heavy atom. The second-order valence-electron chi connectivity index (χ2n) is 4.29. The lowest BCUT2D eigenvalue weighted by Crippen LogP contribution is -2.03. The van der Waals surface area contributed by atoms with Crippen molar-refractivity contribution in [2.45, 2.75) is 20.8 Å². The summed E-state index contributed by atoms with van der Waals surface area (Å²) in [6.45, 7) is 5.98. The quantitative estimate of drug-likeness (QED) is 0.870. The zero-order valence-corrected chi connectivity index (χ0v) is 12.2. The lowest BCUT2D eigenvalue weighted by molar-refractivity contribution is 0.0594. The maximum absolute atomic E-state index is 11.5. The van der Waals surface area contributed by atoms with Gasteiger partial charge in [0, 0.05) is 10.6 Å². The van der Waals surface area contributed by atoms with Crippen LogP contribution in [0, 0.1) is 20.8 Å². The highest BCUT2D eigenvalue weighted by molar-refractivity contribution is 7.15. The topological polar surface area (TPSA) is 51.2 Å². The Morgan fingerprint density at radius 2 is 2.05 bits per heavy atom. The molecule has 19 heavy (non-hydrogen) atoms. The number of nitrogens with zero attached hydrogens (tertiary/aromatic N) is 1. The van der Waals surface area contributed by atoms with E-state index in [9.17, 15) is 4.79 Å². The molecular formula is C14H16N2O2S. The Balaban J connectivity index is 2.29. The Kier molecular flexibility index (Phi) is 3.85. The third-order valence-electron chi connectivity index (χ3n) is 3.02. The van der Waals surface area contributed by atoms with E-state index in [2.05, 4.69) is 30.2 Å². The van der Waals surface area contributed by atoms with Crippen LogP contribution in [-0.2, 0) is 4.74 Å². The molecule has 0 fully saturated rings. The molecule has 0 atom stereocenters. The second kappa shape index (κ2) is 5.40. The molecule has 0 bridgehead atoms. The number of ether oxygens (including phenoxy) is 1. The van der Waals surface area contributed by atoms with Gasteiger partial charge < -0.3 is 10.1 Å². The molecular weight excluding hydrogens is 260 g/mol. The van der Waals surface area contributed by atoms with Crippen LogP contribution in [0.4, 0.5) is 10.8 Å². The van der Waals surface area contributed by atoms with E-state index >= 15 is 0 Å². The van der Waals surface area contributed by atoms with Crippen LogP contribution < -0.4 is 5.32 Å². The van der Waals surface area contributed by atoms with Gasteiger partial charge in [0.15, 0.2) is 10.8 Å². The molecule has 0 unspecified atom stereocenters. The summed E-state index contributed by atoms with van der Waals surface area (Å²) in [6, 6.07) is 6.05. The number of nitrogens with one attached hydrogen (secondary N) is 1. The fourth-order valence-electron chi connectivity index (χ4n) is 1.74. The fraction of sp³-hybridized carbons (Fsp3) is 0.286. The molecule has 0 saturated carbocycles. The monoisotopic (exact) mass is 276 g/mol. The number of esters is 1. The van der Waals surface area contributed by atoms with Gasteiger partial charge in [0.05, 0.1) is 7.11 Å². The van der Waals surface area contributed by atoms with Gasteiger partial charge in [-0.2, -0.15) is 0 Å². The summed E-state index contributed by atoms with van der Waals surface area (Å²) in [5, 5.41) is 3.95.